The Labute approximate surface area is 126 Å². The second kappa shape index (κ2) is 6.21. The van der Waals surface area contributed by atoms with Gasteiger partial charge in [-0.2, -0.15) is 0 Å². The molecular formula is C13H15FN6S. The first kappa shape index (κ1) is 14.0. The van der Waals surface area contributed by atoms with E-state index >= 15 is 0 Å². The van der Waals surface area contributed by atoms with Crippen LogP contribution < -0.4 is 9.80 Å². The number of rotatable bonds is 3. The fraction of sp³-hybridized carbons (Fsp3) is 0.385. The van der Waals surface area contributed by atoms with Crippen LogP contribution in [0.5, 0.6) is 0 Å². The number of halogens is 1. The van der Waals surface area contributed by atoms with Crippen molar-refractivity contribution >= 4 is 23.4 Å². The topological polar surface area (TPSA) is 58.0 Å². The largest absolute Gasteiger partial charge is 0.353 e. The number of thioether (sulfide) groups is 1. The van der Waals surface area contributed by atoms with Crippen LogP contribution in [0.4, 0.5) is 16.0 Å². The molecule has 0 unspecified atom stereocenters. The molecule has 0 aliphatic carbocycles. The standard InChI is InChI=1S/C13H15FN6S/c1-21-13-16-3-2-11(18-13)19-4-6-20(7-5-19)12-10(14)8-15-9-17-12/h2-3,8-9H,4-7H2,1H3. The molecule has 2 aromatic heterocycles. The van der Waals surface area contributed by atoms with Crippen LogP contribution in [0.1, 0.15) is 0 Å². The van der Waals surface area contributed by atoms with E-state index in [0.717, 1.165) is 24.1 Å². The second-order valence-corrected chi connectivity index (χ2v) is 5.34. The van der Waals surface area contributed by atoms with Gasteiger partial charge in [-0.05, 0) is 12.3 Å². The van der Waals surface area contributed by atoms with Crippen LogP contribution in [0.25, 0.3) is 0 Å². The first-order chi connectivity index (χ1) is 10.3. The van der Waals surface area contributed by atoms with Crippen molar-refractivity contribution < 1.29 is 4.39 Å². The van der Waals surface area contributed by atoms with Gasteiger partial charge in [-0.25, -0.2) is 24.3 Å². The van der Waals surface area contributed by atoms with E-state index in [2.05, 4.69) is 24.8 Å². The minimum atomic E-state index is -0.377. The molecule has 3 heterocycles. The van der Waals surface area contributed by atoms with Crippen LogP contribution in [0, 0.1) is 5.82 Å². The average Bonchev–Trinajstić information content (AvgIpc) is 2.56. The third kappa shape index (κ3) is 3.05. The van der Waals surface area contributed by atoms with E-state index in [1.165, 1.54) is 24.3 Å². The zero-order valence-corrected chi connectivity index (χ0v) is 12.4. The summed E-state index contributed by atoms with van der Waals surface area (Å²) in [5.74, 6) is 0.909. The minimum absolute atomic E-state index is 0.372. The average molecular weight is 306 g/mol. The van der Waals surface area contributed by atoms with Crippen molar-refractivity contribution in [3.8, 4) is 0 Å². The normalized spacial score (nSPS) is 15.3. The molecule has 1 aliphatic rings. The SMILES string of the molecule is CSc1nccc(N2CCN(c3ncncc3F)CC2)n1. The number of anilines is 2. The molecule has 0 saturated carbocycles. The summed E-state index contributed by atoms with van der Waals surface area (Å²) in [5, 5.41) is 0.761. The molecule has 1 aliphatic heterocycles. The molecule has 2 aromatic rings. The van der Waals surface area contributed by atoms with Crippen LogP contribution in [-0.4, -0.2) is 52.4 Å². The van der Waals surface area contributed by atoms with Gasteiger partial charge in [0.1, 0.15) is 12.1 Å². The van der Waals surface area contributed by atoms with Crippen molar-refractivity contribution in [1.29, 1.82) is 0 Å². The Hall–Kier alpha value is -1.96. The van der Waals surface area contributed by atoms with Gasteiger partial charge in [0.25, 0.3) is 0 Å². The zero-order valence-electron chi connectivity index (χ0n) is 11.6. The lowest BCUT2D eigenvalue weighted by atomic mass is 10.3. The molecule has 0 atom stereocenters. The maximum atomic E-state index is 13.7. The monoisotopic (exact) mass is 306 g/mol. The maximum absolute atomic E-state index is 13.7. The highest BCUT2D eigenvalue weighted by Gasteiger charge is 2.21. The van der Waals surface area contributed by atoms with E-state index in [-0.39, 0.29) is 5.82 Å². The summed E-state index contributed by atoms with van der Waals surface area (Å²) < 4.78 is 13.7. The Morgan fingerprint density at radius 1 is 1.14 bits per heavy atom. The van der Waals surface area contributed by atoms with Gasteiger partial charge in [-0.3, -0.25) is 0 Å². The van der Waals surface area contributed by atoms with Crippen LogP contribution in [0.15, 0.2) is 29.9 Å². The van der Waals surface area contributed by atoms with Gasteiger partial charge < -0.3 is 9.80 Å². The predicted octanol–water partition coefficient (Wildman–Crippen LogP) is 1.45. The second-order valence-electron chi connectivity index (χ2n) is 4.57. The van der Waals surface area contributed by atoms with Gasteiger partial charge in [-0.15, -0.1) is 0 Å². The number of hydrogen-bond acceptors (Lipinski definition) is 7. The molecule has 21 heavy (non-hydrogen) atoms. The smallest absolute Gasteiger partial charge is 0.189 e. The lowest BCUT2D eigenvalue weighted by molar-refractivity contribution is 0.580. The molecule has 0 radical (unpaired) electrons. The first-order valence-corrected chi connectivity index (χ1v) is 7.83. The highest BCUT2D eigenvalue weighted by atomic mass is 32.2. The van der Waals surface area contributed by atoms with E-state index in [1.54, 1.807) is 6.20 Å². The fourth-order valence-corrected chi connectivity index (χ4v) is 2.64. The Balaban J connectivity index is 1.69. The Morgan fingerprint density at radius 2 is 1.90 bits per heavy atom. The minimum Gasteiger partial charge on any atom is -0.353 e. The summed E-state index contributed by atoms with van der Waals surface area (Å²) in [6, 6.07) is 1.90. The van der Waals surface area contributed by atoms with Gasteiger partial charge in [0.2, 0.25) is 0 Å². The summed E-state index contributed by atoms with van der Waals surface area (Å²) in [7, 11) is 0. The van der Waals surface area contributed by atoms with Gasteiger partial charge in [0, 0.05) is 32.4 Å². The summed E-state index contributed by atoms with van der Waals surface area (Å²) in [5.41, 5.74) is 0. The highest BCUT2D eigenvalue weighted by molar-refractivity contribution is 7.98. The molecule has 110 valence electrons. The van der Waals surface area contributed by atoms with E-state index in [9.17, 15) is 4.39 Å². The quantitative estimate of drug-likeness (QED) is 0.628. The van der Waals surface area contributed by atoms with E-state index in [4.69, 9.17) is 0 Å². The molecule has 8 heteroatoms. The van der Waals surface area contributed by atoms with Crippen molar-refractivity contribution in [3.63, 3.8) is 0 Å². The summed E-state index contributed by atoms with van der Waals surface area (Å²) in [6.07, 6.45) is 6.30. The first-order valence-electron chi connectivity index (χ1n) is 6.60. The fourth-order valence-electron chi connectivity index (χ4n) is 2.29. The lowest BCUT2D eigenvalue weighted by Crippen LogP contribution is -2.47. The third-order valence-electron chi connectivity index (χ3n) is 3.35. The van der Waals surface area contributed by atoms with Gasteiger partial charge in [-0.1, -0.05) is 11.8 Å². The van der Waals surface area contributed by atoms with Crippen molar-refractivity contribution in [2.24, 2.45) is 0 Å². The van der Waals surface area contributed by atoms with Crippen LogP contribution in [0.3, 0.4) is 0 Å². The van der Waals surface area contributed by atoms with Gasteiger partial charge in [0.05, 0.1) is 6.20 Å². The predicted molar refractivity (Wildman–Crippen MR) is 80.2 cm³/mol. The summed E-state index contributed by atoms with van der Waals surface area (Å²) in [6.45, 7) is 2.95. The van der Waals surface area contributed by atoms with Gasteiger partial charge >= 0.3 is 0 Å². The molecule has 3 rings (SSSR count). The number of hydrogen-bond donors (Lipinski definition) is 0. The molecule has 1 fully saturated rings. The third-order valence-corrected chi connectivity index (χ3v) is 3.91. The van der Waals surface area contributed by atoms with Crippen molar-refractivity contribution in [2.75, 3.05) is 42.2 Å². The van der Waals surface area contributed by atoms with Crippen LogP contribution in [0.2, 0.25) is 0 Å². The molecule has 0 N–H and O–H groups in total. The van der Waals surface area contributed by atoms with Crippen molar-refractivity contribution in [1.82, 2.24) is 19.9 Å². The Kier molecular flexibility index (Phi) is 4.14. The van der Waals surface area contributed by atoms with Gasteiger partial charge in [0.15, 0.2) is 16.8 Å². The lowest BCUT2D eigenvalue weighted by Gasteiger charge is -2.36. The molecule has 0 aromatic carbocycles. The number of piperazine rings is 1. The van der Waals surface area contributed by atoms with Crippen LogP contribution in [-0.2, 0) is 0 Å². The van der Waals surface area contributed by atoms with Crippen LogP contribution >= 0.6 is 11.8 Å². The molecule has 1 saturated heterocycles. The van der Waals surface area contributed by atoms with Crippen molar-refractivity contribution in [2.45, 2.75) is 5.16 Å². The molecule has 0 bridgehead atoms. The van der Waals surface area contributed by atoms with Crippen molar-refractivity contribution in [3.05, 3.63) is 30.6 Å². The summed E-state index contributed by atoms with van der Waals surface area (Å²) >= 11 is 1.52. The highest BCUT2D eigenvalue weighted by Crippen LogP contribution is 2.20. The van der Waals surface area contributed by atoms with E-state index in [1.807, 2.05) is 17.2 Å². The zero-order chi connectivity index (χ0) is 14.7. The molecular weight excluding hydrogens is 291 g/mol. The molecule has 0 spiro atoms. The Bertz CT molecular complexity index is 617. The Morgan fingerprint density at radius 3 is 2.62 bits per heavy atom. The number of aromatic nitrogens is 4. The van der Waals surface area contributed by atoms with E-state index in [0.29, 0.717) is 18.9 Å². The number of nitrogens with zero attached hydrogens (tertiary/aromatic N) is 6. The summed E-state index contributed by atoms with van der Waals surface area (Å²) in [4.78, 5) is 20.5. The van der Waals surface area contributed by atoms with E-state index < -0.39 is 0 Å². The molecule has 0 amide bonds. The molecule has 6 nitrogen and oxygen atoms in total. The maximum Gasteiger partial charge on any atom is 0.189 e.